The van der Waals surface area contributed by atoms with Crippen molar-refractivity contribution in [3.8, 4) is 11.5 Å². The van der Waals surface area contributed by atoms with E-state index in [0.717, 1.165) is 5.56 Å². The molecule has 2 aromatic carbocycles. The molecule has 21 heavy (non-hydrogen) atoms. The molecule has 0 aliphatic heterocycles. The Labute approximate surface area is 120 Å². The zero-order chi connectivity index (χ0) is 15.6. The molecular weight excluding hydrogens is 277 g/mol. The average Bonchev–Trinajstić information content (AvgIpc) is 2.42. The first-order valence-corrected chi connectivity index (χ1v) is 6.29. The van der Waals surface area contributed by atoms with Gasteiger partial charge in [0.25, 0.3) is 0 Å². The van der Waals surface area contributed by atoms with Crippen LogP contribution in [0, 0.1) is 22.9 Å². The highest BCUT2D eigenvalue weighted by molar-refractivity contribution is 5.51. The van der Waals surface area contributed by atoms with Crippen molar-refractivity contribution in [3.05, 3.63) is 63.5 Å². The van der Waals surface area contributed by atoms with Gasteiger partial charge in [-0.3, -0.25) is 10.1 Å². The van der Waals surface area contributed by atoms with Gasteiger partial charge in [0.15, 0.2) is 11.6 Å². The standard InChI is InChI=1S/C15H14FNO4/c1-9-3-5-12(16)15(7-9)21-14-6-4-11(10(2)18)8-13(14)17(19)20/h3-8,10,18H,1-2H3/t10-/m0/s1. The first-order chi connectivity index (χ1) is 9.88. The molecule has 2 rings (SSSR count). The quantitative estimate of drug-likeness (QED) is 0.685. The van der Waals surface area contributed by atoms with Gasteiger partial charge in [-0.2, -0.15) is 0 Å². The van der Waals surface area contributed by atoms with Crippen molar-refractivity contribution in [1.82, 2.24) is 0 Å². The summed E-state index contributed by atoms with van der Waals surface area (Å²) in [6.45, 7) is 3.26. The summed E-state index contributed by atoms with van der Waals surface area (Å²) in [5, 5.41) is 20.6. The van der Waals surface area contributed by atoms with Crippen LogP contribution in [0.25, 0.3) is 0 Å². The van der Waals surface area contributed by atoms with Crippen LogP contribution in [-0.4, -0.2) is 10.0 Å². The molecule has 110 valence electrons. The van der Waals surface area contributed by atoms with Crippen molar-refractivity contribution >= 4 is 5.69 Å². The second-order valence-electron chi connectivity index (χ2n) is 4.70. The van der Waals surface area contributed by atoms with Crippen molar-refractivity contribution in [2.24, 2.45) is 0 Å². The van der Waals surface area contributed by atoms with E-state index in [1.165, 1.54) is 37.3 Å². The predicted octanol–water partition coefficient (Wildman–Crippen LogP) is 3.89. The SMILES string of the molecule is Cc1ccc(F)c(Oc2ccc([C@H](C)O)cc2[N+](=O)[O-])c1. The van der Waals surface area contributed by atoms with E-state index in [-0.39, 0.29) is 17.2 Å². The molecule has 0 aliphatic carbocycles. The van der Waals surface area contributed by atoms with Crippen LogP contribution in [0.15, 0.2) is 36.4 Å². The third-order valence-electron chi connectivity index (χ3n) is 2.97. The van der Waals surface area contributed by atoms with Crippen molar-refractivity contribution < 1.29 is 19.2 Å². The second-order valence-corrected chi connectivity index (χ2v) is 4.70. The normalized spacial score (nSPS) is 12.0. The molecule has 2 aromatic rings. The van der Waals surface area contributed by atoms with E-state index in [4.69, 9.17) is 4.74 Å². The van der Waals surface area contributed by atoms with E-state index in [1.54, 1.807) is 13.0 Å². The van der Waals surface area contributed by atoms with Gasteiger partial charge in [-0.15, -0.1) is 0 Å². The molecule has 1 N–H and O–H groups in total. The molecule has 5 nitrogen and oxygen atoms in total. The van der Waals surface area contributed by atoms with Crippen molar-refractivity contribution in [2.75, 3.05) is 0 Å². The Hall–Kier alpha value is -2.47. The second kappa shape index (κ2) is 5.88. The van der Waals surface area contributed by atoms with Crippen LogP contribution in [0.3, 0.4) is 0 Å². The minimum Gasteiger partial charge on any atom is -0.447 e. The Kier molecular flexibility index (Phi) is 4.18. The number of nitro groups is 1. The first-order valence-electron chi connectivity index (χ1n) is 6.29. The summed E-state index contributed by atoms with van der Waals surface area (Å²) in [6, 6.07) is 8.34. The third kappa shape index (κ3) is 3.35. The zero-order valence-electron chi connectivity index (χ0n) is 11.5. The number of hydrogen-bond donors (Lipinski definition) is 1. The Balaban J connectivity index is 2.44. The minimum absolute atomic E-state index is 0.0751. The number of aryl methyl sites for hydroxylation is 1. The number of ether oxygens (including phenoxy) is 1. The molecule has 0 unspecified atom stereocenters. The molecule has 0 fully saturated rings. The molecule has 0 amide bonds. The number of nitro benzene ring substituents is 1. The van der Waals surface area contributed by atoms with E-state index in [1.807, 2.05) is 0 Å². The van der Waals surface area contributed by atoms with Gasteiger partial charge in [-0.1, -0.05) is 12.1 Å². The molecule has 0 aliphatic rings. The minimum atomic E-state index is -0.839. The number of hydrogen-bond acceptors (Lipinski definition) is 4. The van der Waals surface area contributed by atoms with Crippen LogP contribution in [0.2, 0.25) is 0 Å². The average molecular weight is 291 g/mol. The Morgan fingerprint density at radius 1 is 1.24 bits per heavy atom. The monoisotopic (exact) mass is 291 g/mol. The van der Waals surface area contributed by atoms with Crippen LogP contribution in [-0.2, 0) is 0 Å². The van der Waals surface area contributed by atoms with Crippen LogP contribution in [0.1, 0.15) is 24.2 Å². The van der Waals surface area contributed by atoms with Gasteiger partial charge in [0.2, 0.25) is 5.75 Å². The largest absolute Gasteiger partial charge is 0.447 e. The summed E-state index contributed by atoms with van der Waals surface area (Å²) in [7, 11) is 0. The van der Waals surface area contributed by atoms with E-state index in [9.17, 15) is 19.6 Å². The van der Waals surface area contributed by atoms with Crippen molar-refractivity contribution in [1.29, 1.82) is 0 Å². The highest BCUT2D eigenvalue weighted by Gasteiger charge is 2.19. The van der Waals surface area contributed by atoms with E-state index in [0.29, 0.717) is 5.56 Å². The molecule has 0 spiro atoms. The zero-order valence-corrected chi connectivity index (χ0v) is 11.5. The fraction of sp³-hybridized carbons (Fsp3) is 0.200. The number of halogens is 1. The fourth-order valence-corrected chi connectivity index (χ4v) is 1.83. The van der Waals surface area contributed by atoms with Gasteiger partial charge in [0.1, 0.15) is 0 Å². The summed E-state index contributed by atoms with van der Waals surface area (Å²) >= 11 is 0. The van der Waals surface area contributed by atoms with Crippen LogP contribution in [0.5, 0.6) is 11.5 Å². The summed E-state index contributed by atoms with van der Waals surface area (Å²) < 4.78 is 19.0. The van der Waals surface area contributed by atoms with E-state index >= 15 is 0 Å². The van der Waals surface area contributed by atoms with E-state index < -0.39 is 16.8 Å². The smallest absolute Gasteiger partial charge is 0.311 e. The van der Waals surface area contributed by atoms with Gasteiger partial charge in [-0.05, 0) is 43.2 Å². The maximum Gasteiger partial charge on any atom is 0.311 e. The van der Waals surface area contributed by atoms with E-state index in [2.05, 4.69) is 0 Å². The number of benzene rings is 2. The summed E-state index contributed by atoms with van der Waals surface area (Å²) in [5.74, 6) is -0.758. The highest BCUT2D eigenvalue weighted by Crippen LogP contribution is 2.34. The summed E-state index contributed by atoms with van der Waals surface area (Å²) in [5.41, 5.74) is 0.836. The molecular formula is C15H14FNO4. The number of nitrogens with zero attached hydrogens (tertiary/aromatic N) is 1. The van der Waals surface area contributed by atoms with Crippen molar-refractivity contribution in [3.63, 3.8) is 0 Å². The Morgan fingerprint density at radius 2 is 1.95 bits per heavy atom. The first kappa shape index (κ1) is 14.9. The lowest BCUT2D eigenvalue weighted by Crippen LogP contribution is -1.98. The third-order valence-corrected chi connectivity index (χ3v) is 2.97. The van der Waals surface area contributed by atoms with Gasteiger partial charge >= 0.3 is 5.69 Å². The van der Waals surface area contributed by atoms with Crippen LogP contribution >= 0.6 is 0 Å². The maximum atomic E-state index is 13.7. The molecule has 0 saturated heterocycles. The predicted molar refractivity (Wildman–Crippen MR) is 74.9 cm³/mol. The molecule has 0 aromatic heterocycles. The van der Waals surface area contributed by atoms with Gasteiger partial charge < -0.3 is 9.84 Å². The number of aliphatic hydroxyl groups excluding tert-OH is 1. The lowest BCUT2D eigenvalue weighted by molar-refractivity contribution is -0.385. The maximum absolute atomic E-state index is 13.7. The van der Waals surface area contributed by atoms with Crippen LogP contribution in [0.4, 0.5) is 10.1 Å². The molecule has 6 heteroatoms. The molecule has 0 saturated carbocycles. The number of rotatable bonds is 4. The summed E-state index contributed by atoms with van der Waals surface area (Å²) in [6.07, 6.45) is -0.839. The molecule has 1 atom stereocenters. The lowest BCUT2D eigenvalue weighted by atomic mass is 10.1. The number of aliphatic hydroxyl groups is 1. The topological polar surface area (TPSA) is 72.6 Å². The molecule has 0 radical (unpaired) electrons. The van der Waals surface area contributed by atoms with Crippen LogP contribution < -0.4 is 4.74 Å². The van der Waals surface area contributed by atoms with Gasteiger partial charge in [0.05, 0.1) is 11.0 Å². The highest BCUT2D eigenvalue weighted by atomic mass is 19.1. The van der Waals surface area contributed by atoms with Gasteiger partial charge in [0, 0.05) is 6.07 Å². The van der Waals surface area contributed by atoms with Gasteiger partial charge in [-0.25, -0.2) is 4.39 Å². The Morgan fingerprint density at radius 3 is 2.57 bits per heavy atom. The fourth-order valence-electron chi connectivity index (χ4n) is 1.83. The Bertz CT molecular complexity index is 685. The lowest BCUT2D eigenvalue weighted by Gasteiger charge is -2.10. The van der Waals surface area contributed by atoms with Crippen molar-refractivity contribution in [2.45, 2.75) is 20.0 Å². The molecule has 0 heterocycles. The molecule has 0 bridgehead atoms. The summed E-state index contributed by atoms with van der Waals surface area (Å²) in [4.78, 5) is 10.5.